The van der Waals surface area contributed by atoms with Crippen LogP contribution >= 0.6 is 0 Å². The highest BCUT2D eigenvalue weighted by Gasteiger charge is 2.14. The van der Waals surface area contributed by atoms with Crippen molar-refractivity contribution in [2.45, 2.75) is 40.7 Å². The summed E-state index contributed by atoms with van der Waals surface area (Å²) in [6.45, 7) is 12.6. The zero-order valence-electron chi connectivity index (χ0n) is 11.1. The lowest BCUT2D eigenvalue weighted by atomic mass is 9.90. The molecule has 0 saturated heterocycles. The molecule has 0 aromatic heterocycles. The first kappa shape index (κ1) is 13.2. The van der Waals surface area contributed by atoms with Gasteiger partial charge >= 0.3 is 0 Å². The molecule has 16 heavy (non-hydrogen) atoms. The maximum absolute atomic E-state index is 6.26. The second-order valence-corrected chi connectivity index (χ2v) is 4.59. The van der Waals surface area contributed by atoms with Gasteiger partial charge in [0, 0.05) is 12.6 Å². The zero-order chi connectivity index (χ0) is 12.3. The Balaban J connectivity index is 3.11. The van der Waals surface area contributed by atoms with Gasteiger partial charge in [-0.1, -0.05) is 13.0 Å². The first-order chi connectivity index (χ1) is 7.49. The topological polar surface area (TPSA) is 38.0 Å². The molecular formula is C14H24N2. The summed E-state index contributed by atoms with van der Waals surface area (Å²) in [4.78, 5) is 0. The number of nitrogens with two attached hydrogens (primary N) is 1. The molecule has 0 bridgehead atoms. The van der Waals surface area contributed by atoms with Crippen molar-refractivity contribution in [1.82, 2.24) is 5.32 Å². The molecule has 1 aromatic rings. The minimum atomic E-state index is 0.0959. The molecule has 1 rings (SSSR count). The van der Waals surface area contributed by atoms with Crippen molar-refractivity contribution in [3.05, 3.63) is 33.9 Å². The molecule has 0 spiro atoms. The molecule has 1 unspecified atom stereocenters. The lowest BCUT2D eigenvalue weighted by Gasteiger charge is -2.21. The molecule has 1 aromatic carbocycles. The van der Waals surface area contributed by atoms with Gasteiger partial charge in [0.05, 0.1) is 0 Å². The smallest absolute Gasteiger partial charge is 0.0427 e. The van der Waals surface area contributed by atoms with Crippen molar-refractivity contribution < 1.29 is 0 Å². The fourth-order valence-corrected chi connectivity index (χ4v) is 2.21. The van der Waals surface area contributed by atoms with Gasteiger partial charge in [-0.15, -0.1) is 0 Å². The fourth-order valence-electron chi connectivity index (χ4n) is 2.21. The van der Waals surface area contributed by atoms with Crippen LogP contribution in [0.2, 0.25) is 0 Å². The van der Waals surface area contributed by atoms with Crippen molar-refractivity contribution in [2.75, 3.05) is 13.1 Å². The zero-order valence-corrected chi connectivity index (χ0v) is 11.1. The van der Waals surface area contributed by atoms with Gasteiger partial charge in [0.25, 0.3) is 0 Å². The largest absolute Gasteiger partial charge is 0.323 e. The number of benzene rings is 1. The van der Waals surface area contributed by atoms with Gasteiger partial charge in [-0.3, -0.25) is 0 Å². The molecule has 0 radical (unpaired) electrons. The third-order valence-corrected chi connectivity index (χ3v) is 3.41. The maximum atomic E-state index is 6.26. The van der Waals surface area contributed by atoms with Gasteiger partial charge in [-0.2, -0.15) is 0 Å². The Labute approximate surface area is 99.2 Å². The van der Waals surface area contributed by atoms with Gasteiger partial charge in [-0.25, -0.2) is 0 Å². The lowest BCUT2D eigenvalue weighted by Crippen LogP contribution is -2.28. The number of hydrogen-bond acceptors (Lipinski definition) is 2. The number of aryl methyl sites for hydroxylation is 2. The van der Waals surface area contributed by atoms with Crippen LogP contribution in [0.4, 0.5) is 0 Å². The molecule has 2 heteroatoms. The van der Waals surface area contributed by atoms with Gasteiger partial charge in [0.1, 0.15) is 0 Å². The average Bonchev–Trinajstić information content (AvgIpc) is 2.24. The summed E-state index contributed by atoms with van der Waals surface area (Å²) in [6, 6.07) is 2.34. The SMILES string of the molecule is CCNCC(N)c1c(C)c(C)cc(C)c1C. The van der Waals surface area contributed by atoms with E-state index in [0.717, 1.165) is 13.1 Å². The van der Waals surface area contributed by atoms with E-state index in [1.807, 2.05) is 0 Å². The molecule has 1 atom stereocenters. The highest BCUT2D eigenvalue weighted by atomic mass is 14.9. The fraction of sp³-hybridized carbons (Fsp3) is 0.571. The number of nitrogens with one attached hydrogen (secondary N) is 1. The lowest BCUT2D eigenvalue weighted by molar-refractivity contribution is 0.610. The van der Waals surface area contributed by atoms with Gasteiger partial charge < -0.3 is 11.1 Å². The summed E-state index contributed by atoms with van der Waals surface area (Å²) in [7, 11) is 0. The van der Waals surface area contributed by atoms with Gasteiger partial charge in [0.15, 0.2) is 0 Å². The Morgan fingerprint density at radius 1 is 1.12 bits per heavy atom. The van der Waals surface area contributed by atoms with Crippen LogP contribution in [0, 0.1) is 27.7 Å². The molecule has 0 heterocycles. The van der Waals surface area contributed by atoms with Crippen LogP contribution in [0.5, 0.6) is 0 Å². The van der Waals surface area contributed by atoms with E-state index < -0.39 is 0 Å². The van der Waals surface area contributed by atoms with Crippen molar-refractivity contribution in [3.63, 3.8) is 0 Å². The molecule has 0 fully saturated rings. The predicted octanol–water partition coefficient (Wildman–Crippen LogP) is 2.53. The summed E-state index contributed by atoms with van der Waals surface area (Å²) < 4.78 is 0. The number of rotatable bonds is 4. The molecule has 0 amide bonds. The molecule has 2 nitrogen and oxygen atoms in total. The van der Waals surface area contributed by atoms with Crippen LogP contribution < -0.4 is 11.1 Å². The van der Waals surface area contributed by atoms with Crippen molar-refractivity contribution in [1.29, 1.82) is 0 Å². The summed E-state index contributed by atoms with van der Waals surface area (Å²) >= 11 is 0. The van der Waals surface area contributed by atoms with Crippen LogP contribution in [-0.4, -0.2) is 13.1 Å². The van der Waals surface area contributed by atoms with E-state index in [9.17, 15) is 0 Å². The third-order valence-electron chi connectivity index (χ3n) is 3.41. The highest BCUT2D eigenvalue weighted by molar-refractivity contribution is 5.45. The van der Waals surface area contributed by atoms with Crippen LogP contribution in [0.1, 0.15) is 40.8 Å². The van der Waals surface area contributed by atoms with Crippen molar-refractivity contribution in [2.24, 2.45) is 5.73 Å². The first-order valence-electron chi connectivity index (χ1n) is 6.02. The Morgan fingerprint density at radius 2 is 1.62 bits per heavy atom. The van der Waals surface area contributed by atoms with E-state index in [4.69, 9.17) is 5.73 Å². The second-order valence-electron chi connectivity index (χ2n) is 4.59. The summed E-state index contributed by atoms with van der Waals surface area (Å²) in [6.07, 6.45) is 0. The highest BCUT2D eigenvalue weighted by Crippen LogP contribution is 2.25. The molecule has 3 N–H and O–H groups in total. The Hall–Kier alpha value is -0.860. The second kappa shape index (κ2) is 5.46. The van der Waals surface area contributed by atoms with Crippen molar-refractivity contribution in [3.8, 4) is 0 Å². The van der Waals surface area contributed by atoms with Crippen LogP contribution in [0.15, 0.2) is 6.07 Å². The van der Waals surface area contributed by atoms with E-state index in [0.29, 0.717) is 0 Å². The Kier molecular flexibility index (Phi) is 4.51. The molecule has 0 aliphatic heterocycles. The third kappa shape index (κ3) is 2.63. The standard InChI is InChI=1S/C14H24N2/c1-6-16-8-13(15)14-11(4)9(2)7-10(3)12(14)5/h7,13,16H,6,8,15H2,1-5H3. The maximum Gasteiger partial charge on any atom is 0.0427 e. The van der Waals surface area contributed by atoms with Crippen LogP contribution in [0.3, 0.4) is 0 Å². The monoisotopic (exact) mass is 220 g/mol. The number of likely N-dealkylation sites (N-methyl/N-ethyl adjacent to an activating group) is 1. The van der Waals surface area contributed by atoms with Crippen LogP contribution in [0.25, 0.3) is 0 Å². The predicted molar refractivity (Wildman–Crippen MR) is 70.9 cm³/mol. The first-order valence-corrected chi connectivity index (χ1v) is 6.02. The van der Waals surface area contributed by atoms with E-state index in [2.05, 4.69) is 46.0 Å². The quantitative estimate of drug-likeness (QED) is 0.818. The minimum Gasteiger partial charge on any atom is -0.323 e. The summed E-state index contributed by atoms with van der Waals surface area (Å²) in [5.74, 6) is 0. The van der Waals surface area contributed by atoms with E-state index in [1.165, 1.54) is 27.8 Å². The van der Waals surface area contributed by atoms with E-state index >= 15 is 0 Å². The normalized spacial score (nSPS) is 12.9. The van der Waals surface area contributed by atoms with Gasteiger partial charge in [-0.05, 0) is 62.1 Å². The van der Waals surface area contributed by atoms with E-state index in [-0.39, 0.29) is 6.04 Å². The molecule has 90 valence electrons. The van der Waals surface area contributed by atoms with Crippen LogP contribution in [-0.2, 0) is 0 Å². The number of hydrogen-bond donors (Lipinski definition) is 2. The molecule has 0 aliphatic rings. The van der Waals surface area contributed by atoms with E-state index in [1.54, 1.807) is 0 Å². The molecule has 0 saturated carbocycles. The minimum absolute atomic E-state index is 0.0959. The molecular weight excluding hydrogens is 196 g/mol. The van der Waals surface area contributed by atoms with Gasteiger partial charge in [0.2, 0.25) is 0 Å². The summed E-state index contributed by atoms with van der Waals surface area (Å²) in [5.41, 5.74) is 12.9. The summed E-state index contributed by atoms with van der Waals surface area (Å²) in [5, 5.41) is 3.31. The Morgan fingerprint density at radius 3 is 2.06 bits per heavy atom. The molecule has 0 aliphatic carbocycles. The van der Waals surface area contributed by atoms with Crippen molar-refractivity contribution >= 4 is 0 Å². The Bertz CT molecular complexity index is 343. The average molecular weight is 220 g/mol.